The van der Waals surface area contributed by atoms with Crippen LogP contribution in [0.3, 0.4) is 0 Å². The number of carbonyl (C=O) groups excluding carboxylic acids is 2. The van der Waals surface area contributed by atoms with Crippen molar-refractivity contribution in [1.29, 1.82) is 0 Å². The summed E-state index contributed by atoms with van der Waals surface area (Å²) < 4.78 is 27.3. The summed E-state index contributed by atoms with van der Waals surface area (Å²) in [5.74, 6) is -3.90. The van der Waals surface area contributed by atoms with Crippen LogP contribution in [0.25, 0.3) is 0 Å². The van der Waals surface area contributed by atoms with Gasteiger partial charge in [-0.1, -0.05) is 31.2 Å². The number of carbonyl (C=O) groups is 2. The molecule has 0 saturated carbocycles. The Labute approximate surface area is 157 Å². The lowest BCUT2D eigenvalue weighted by Crippen LogP contribution is -2.38. The number of benzene rings is 2. The standard InChI is InChI=1S/C21H22F2N2O2/c1-2-18(15-11-10-13-6-3-4-7-14(13)12-15)24-20(26)21(27)25-19-16(22)8-5-9-17(19)23/h5,8-12,18H,2-4,6-7H2,1H3,(H,24,26)(H,25,27). The molecule has 6 heteroatoms. The number of nitrogens with one attached hydrogen (secondary N) is 2. The molecule has 1 aliphatic rings. The van der Waals surface area contributed by atoms with Crippen LogP contribution >= 0.6 is 0 Å². The summed E-state index contributed by atoms with van der Waals surface area (Å²) in [6.07, 6.45) is 5.01. The first-order valence-corrected chi connectivity index (χ1v) is 9.17. The van der Waals surface area contributed by atoms with Gasteiger partial charge in [0.05, 0.1) is 6.04 Å². The Morgan fingerprint density at radius 2 is 1.67 bits per heavy atom. The van der Waals surface area contributed by atoms with Crippen molar-refractivity contribution in [1.82, 2.24) is 5.32 Å². The highest BCUT2D eigenvalue weighted by molar-refractivity contribution is 6.39. The number of hydrogen-bond acceptors (Lipinski definition) is 2. The van der Waals surface area contributed by atoms with Gasteiger partial charge < -0.3 is 10.6 Å². The van der Waals surface area contributed by atoms with Crippen molar-refractivity contribution in [2.24, 2.45) is 0 Å². The molecule has 0 spiro atoms. The van der Waals surface area contributed by atoms with Crippen LogP contribution in [0.1, 0.15) is 48.9 Å². The molecule has 0 radical (unpaired) electrons. The normalized spacial score (nSPS) is 14.2. The molecule has 1 atom stereocenters. The van der Waals surface area contributed by atoms with Gasteiger partial charge in [0.1, 0.15) is 17.3 Å². The molecule has 2 aromatic carbocycles. The lowest BCUT2D eigenvalue weighted by atomic mass is 9.89. The third-order valence-electron chi connectivity index (χ3n) is 4.90. The molecule has 2 N–H and O–H groups in total. The van der Waals surface area contributed by atoms with Gasteiger partial charge in [-0.05, 0) is 60.9 Å². The van der Waals surface area contributed by atoms with Gasteiger partial charge in [-0.3, -0.25) is 9.59 Å². The fourth-order valence-corrected chi connectivity index (χ4v) is 3.40. The van der Waals surface area contributed by atoms with Crippen LogP contribution in [-0.4, -0.2) is 11.8 Å². The summed E-state index contributed by atoms with van der Waals surface area (Å²) in [4.78, 5) is 24.3. The highest BCUT2D eigenvalue weighted by Gasteiger charge is 2.22. The van der Waals surface area contributed by atoms with Gasteiger partial charge in [-0.2, -0.15) is 0 Å². The summed E-state index contributed by atoms with van der Waals surface area (Å²) in [6.45, 7) is 1.90. The van der Waals surface area contributed by atoms with Crippen LogP contribution in [-0.2, 0) is 22.4 Å². The maximum absolute atomic E-state index is 13.6. The smallest absolute Gasteiger partial charge is 0.313 e. The molecule has 0 saturated heterocycles. The van der Waals surface area contributed by atoms with Gasteiger partial charge in [-0.15, -0.1) is 0 Å². The van der Waals surface area contributed by atoms with Crippen molar-refractivity contribution >= 4 is 17.5 Å². The summed E-state index contributed by atoms with van der Waals surface area (Å²) in [6, 6.07) is 8.99. The van der Waals surface area contributed by atoms with Crippen LogP contribution in [0.2, 0.25) is 0 Å². The molecule has 1 aliphatic carbocycles. The number of fused-ring (bicyclic) bond motifs is 1. The van der Waals surface area contributed by atoms with Gasteiger partial charge in [0.15, 0.2) is 0 Å². The van der Waals surface area contributed by atoms with Crippen LogP contribution in [0.5, 0.6) is 0 Å². The Bertz CT molecular complexity index is 847. The average molecular weight is 372 g/mol. The highest BCUT2D eigenvalue weighted by atomic mass is 19.1. The van der Waals surface area contributed by atoms with E-state index in [0.29, 0.717) is 6.42 Å². The van der Waals surface area contributed by atoms with Crippen LogP contribution < -0.4 is 10.6 Å². The second-order valence-corrected chi connectivity index (χ2v) is 6.72. The van der Waals surface area contributed by atoms with Gasteiger partial charge in [-0.25, -0.2) is 8.78 Å². The molecular formula is C21H22F2N2O2. The summed E-state index contributed by atoms with van der Waals surface area (Å²) in [7, 11) is 0. The van der Waals surface area contributed by atoms with Gasteiger partial charge in [0, 0.05) is 0 Å². The molecule has 0 aliphatic heterocycles. The van der Waals surface area contributed by atoms with E-state index in [2.05, 4.69) is 17.4 Å². The molecule has 1 unspecified atom stereocenters. The number of para-hydroxylation sites is 1. The SMILES string of the molecule is CCC(NC(=O)C(=O)Nc1c(F)cccc1F)c1ccc2c(c1)CCCC2. The predicted octanol–water partition coefficient (Wildman–Crippen LogP) is 4.05. The van der Waals surface area contributed by atoms with Crippen molar-refractivity contribution in [3.05, 3.63) is 64.7 Å². The third kappa shape index (κ3) is 4.32. The van der Waals surface area contributed by atoms with E-state index in [1.165, 1.54) is 23.6 Å². The summed E-state index contributed by atoms with van der Waals surface area (Å²) in [5, 5.41) is 4.66. The zero-order valence-electron chi connectivity index (χ0n) is 15.1. The molecule has 0 fully saturated rings. The lowest BCUT2D eigenvalue weighted by molar-refractivity contribution is -0.136. The number of hydrogen-bond donors (Lipinski definition) is 2. The Morgan fingerprint density at radius 3 is 2.33 bits per heavy atom. The number of aryl methyl sites for hydroxylation is 2. The average Bonchev–Trinajstić information content (AvgIpc) is 2.68. The Balaban J connectivity index is 1.70. The second kappa shape index (κ2) is 8.29. The minimum absolute atomic E-state index is 0.346. The zero-order chi connectivity index (χ0) is 19.4. The molecule has 142 valence electrons. The topological polar surface area (TPSA) is 58.2 Å². The van der Waals surface area contributed by atoms with Crippen molar-refractivity contribution < 1.29 is 18.4 Å². The molecule has 2 amide bonds. The minimum Gasteiger partial charge on any atom is -0.341 e. The van der Waals surface area contributed by atoms with E-state index in [1.54, 1.807) is 0 Å². The predicted molar refractivity (Wildman–Crippen MR) is 99.2 cm³/mol. The molecule has 2 aromatic rings. The van der Waals surface area contributed by atoms with E-state index in [9.17, 15) is 18.4 Å². The van der Waals surface area contributed by atoms with E-state index >= 15 is 0 Å². The Kier molecular flexibility index (Phi) is 5.84. The molecular weight excluding hydrogens is 350 g/mol. The Morgan fingerprint density at radius 1 is 1.00 bits per heavy atom. The van der Waals surface area contributed by atoms with Gasteiger partial charge >= 0.3 is 11.8 Å². The number of rotatable bonds is 4. The van der Waals surface area contributed by atoms with E-state index in [4.69, 9.17) is 0 Å². The maximum atomic E-state index is 13.6. The van der Waals surface area contributed by atoms with Gasteiger partial charge in [0.2, 0.25) is 0 Å². The fourth-order valence-electron chi connectivity index (χ4n) is 3.40. The van der Waals surface area contributed by atoms with Crippen LogP contribution in [0.15, 0.2) is 36.4 Å². The number of amides is 2. The lowest BCUT2D eigenvalue weighted by Gasteiger charge is -2.21. The van der Waals surface area contributed by atoms with E-state index in [0.717, 1.165) is 37.0 Å². The van der Waals surface area contributed by atoms with Crippen molar-refractivity contribution in [3.63, 3.8) is 0 Å². The fraction of sp³-hybridized carbons (Fsp3) is 0.333. The first kappa shape index (κ1) is 19.0. The largest absolute Gasteiger partial charge is 0.341 e. The second-order valence-electron chi connectivity index (χ2n) is 6.72. The zero-order valence-corrected chi connectivity index (χ0v) is 15.1. The monoisotopic (exact) mass is 372 g/mol. The maximum Gasteiger partial charge on any atom is 0.313 e. The van der Waals surface area contributed by atoms with Crippen molar-refractivity contribution in [2.75, 3.05) is 5.32 Å². The molecule has 0 aromatic heterocycles. The van der Waals surface area contributed by atoms with Crippen molar-refractivity contribution in [3.8, 4) is 0 Å². The number of halogens is 2. The molecule has 0 heterocycles. The molecule has 4 nitrogen and oxygen atoms in total. The van der Waals surface area contributed by atoms with E-state index in [1.807, 2.05) is 18.3 Å². The minimum atomic E-state index is -1.10. The third-order valence-corrected chi connectivity index (χ3v) is 4.90. The molecule has 3 rings (SSSR count). The Hall–Kier alpha value is -2.76. The highest BCUT2D eigenvalue weighted by Crippen LogP contribution is 2.26. The summed E-state index contributed by atoms with van der Waals surface area (Å²) >= 11 is 0. The van der Waals surface area contributed by atoms with E-state index < -0.39 is 29.1 Å². The summed E-state index contributed by atoms with van der Waals surface area (Å²) in [5.41, 5.74) is 2.92. The quantitative estimate of drug-likeness (QED) is 0.796. The molecule has 0 bridgehead atoms. The first-order valence-electron chi connectivity index (χ1n) is 9.17. The van der Waals surface area contributed by atoms with Gasteiger partial charge in [0.25, 0.3) is 0 Å². The van der Waals surface area contributed by atoms with E-state index in [-0.39, 0.29) is 6.04 Å². The van der Waals surface area contributed by atoms with Crippen LogP contribution in [0, 0.1) is 11.6 Å². The number of anilines is 1. The van der Waals surface area contributed by atoms with Crippen LogP contribution in [0.4, 0.5) is 14.5 Å². The van der Waals surface area contributed by atoms with Crippen molar-refractivity contribution in [2.45, 2.75) is 45.1 Å². The molecule has 27 heavy (non-hydrogen) atoms. The first-order chi connectivity index (χ1) is 13.0.